The van der Waals surface area contributed by atoms with E-state index in [1.165, 1.54) is 11.0 Å². The van der Waals surface area contributed by atoms with Crippen LogP contribution in [0, 0.1) is 6.92 Å². The topological polar surface area (TPSA) is 86.8 Å². The van der Waals surface area contributed by atoms with Crippen LogP contribution >= 0.6 is 23.2 Å². The van der Waals surface area contributed by atoms with Gasteiger partial charge in [-0.1, -0.05) is 91.0 Å². The zero-order chi connectivity index (χ0) is 30.3. The van der Waals surface area contributed by atoms with Gasteiger partial charge in [-0.25, -0.2) is 8.42 Å². The maximum atomic E-state index is 14.2. The molecule has 1 saturated carbocycles. The summed E-state index contributed by atoms with van der Waals surface area (Å²) in [6.07, 6.45) is 6.35. The number of carbonyl (C=O) groups is 2. The van der Waals surface area contributed by atoms with Gasteiger partial charge in [0.1, 0.15) is 12.6 Å². The van der Waals surface area contributed by atoms with Crippen molar-refractivity contribution in [3.63, 3.8) is 0 Å². The van der Waals surface area contributed by atoms with Crippen LogP contribution in [-0.4, -0.2) is 50.0 Å². The molecule has 0 aliphatic heterocycles. The van der Waals surface area contributed by atoms with E-state index in [0.717, 1.165) is 59.4 Å². The van der Waals surface area contributed by atoms with Crippen LogP contribution in [0.5, 0.6) is 0 Å². The lowest BCUT2D eigenvalue weighted by Gasteiger charge is -2.35. The summed E-state index contributed by atoms with van der Waals surface area (Å²) in [5, 5.41) is 4.13. The van der Waals surface area contributed by atoms with Gasteiger partial charge in [-0.2, -0.15) is 0 Å². The van der Waals surface area contributed by atoms with Crippen molar-refractivity contribution < 1.29 is 18.0 Å². The summed E-state index contributed by atoms with van der Waals surface area (Å²) in [5.41, 5.74) is 2.71. The van der Waals surface area contributed by atoms with Crippen LogP contribution < -0.4 is 9.62 Å². The summed E-state index contributed by atoms with van der Waals surface area (Å²) >= 11 is 12.4. The third-order valence-electron chi connectivity index (χ3n) is 7.61. The molecule has 1 fully saturated rings. The van der Waals surface area contributed by atoms with Crippen LogP contribution in [0.25, 0.3) is 0 Å². The SMILES string of the molecule is Cc1ccc(N(CC(=O)N(Cc2ccc(Cl)cc2)[C@H](Cc2ccccc2)C(=O)NC2CCCCC2)S(C)(=O)=O)cc1Cl. The molecular weight excluding hydrogens is 593 g/mol. The Kier molecular flexibility index (Phi) is 10.9. The predicted molar refractivity (Wildman–Crippen MR) is 169 cm³/mol. The van der Waals surface area contributed by atoms with Crippen LogP contribution in [0.4, 0.5) is 5.69 Å². The average molecular weight is 631 g/mol. The van der Waals surface area contributed by atoms with E-state index in [1.807, 2.05) is 37.3 Å². The summed E-state index contributed by atoms with van der Waals surface area (Å²) in [5.74, 6) is -0.760. The monoisotopic (exact) mass is 629 g/mol. The van der Waals surface area contributed by atoms with Gasteiger partial charge >= 0.3 is 0 Å². The van der Waals surface area contributed by atoms with Crippen LogP contribution in [0.3, 0.4) is 0 Å². The Labute approximate surface area is 258 Å². The lowest BCUT2D eigenvalue weighted by atomic mass is 9.94. The average Bonchev–Trinajstić information content (AvgIpc) is 2.96. The van der Waals surface area contributed by atoms with Crippen molar-refractivity contribution in [3.8, 4) is 0 Å². The molecular formula is C32H37Cl2N3O4S. The van der Waals surface area contributed by atoms with Crippen molar-refractivity contribution in [2.45, 2.75) is 64.1 Å². The smallest absolute Gasteiger partial charge is 0.244 e. The normalized spacial score (nSPS) is 14.7. The minimum absolute atomic E-state index is 0.0409. The van der Waals surface area contributed by atoms with E-state index in [0.29, 0.717) is 10.0 Å². The van der Waals surface area contributed by atoms with Gasteiger partial charge in [0.05, 0.1) is 11.9 Å². The molecule has 1 N–H and O–H groups in total. The zero-order valence-corrected chi connectivity index (χ0v) is 26.3. The maximum Gasteiger partial charge on any atom is 0.244 e. The number of aryl methyl sites for hydroxylation is 1. The van der Waals surface area contributed by atoms with E-state index in [1.54, 1.807) is 36.4 Å². The van der Waals surface area contributed by atoms with Crippen molar-refractivity contribution in [1.29, 1.82) is 0 Å². The third kappa shape index (κ3) is 8.72. The van der Waals surface area contributed by atoms with Gasteiger partial charge in [-0.3, -0.25) is 13.9 Å². The Morgan fingerprint density at radius 3 is 2.21 bits per heavy atom. The highest BCUT2D eigenvalue weighted by atomic mass is 35.5. The second kappa shape index (κ2) is 14.4. The van der Waals surface area contributed by atoms with Gasteiger partial charge in [0.2, 0.25) is 21.8 Å². The molecule has 1 aliphatic carbocycles. The molecule has 224 valence electrons. The highest BCUT2D eigenvalue weighted by Gasteiger charge is 2.34. The molecule has 42 heavy (non-hydrogen) atoms. The van der Waals surface area contributed by atoms with E-state index >= 15 is 0 Å². The van der Waals surface area contributed by atoms with Crippen LogP contribution in [0.1, 0.15) is 48.8 Å². The lowest BCUT2D eigenvalue weighted by molar-refractivity contribution is -0.140. The van der Waals surface area contributed by atoms with Gasteiger partial charge in [0.15, 0.2) is 0 Å². The molecule has 0 saturated heterocycles. The standard InChI is InChI=1S/C32H37Cl2N3O4S/c1-23-13-18-28(20-29(23)34)37(42(2,40)41)22-31(38)36(21-25-14-16-26(33)17-15-25)30(19-24-9-5-3-6-10-24)32(39)35-27-11-7-4-8-12-27/h3,5-6,9-10,13-18,20,27,30H,4,7-8,11-12,19,21-22H2,1-2H3,(H,35,39)/t30-/m1/s1. The predicted octanol–water partition coefficient (Wildman–Crippen LogP) is 6.16. The maximum absolute atomic E-state index is 14.2. The quantitative estimate of drug-likeness (QED) is 0.275. The summed E-state index contributed by atoms with van der Waals surface area (Å²) in [7, 11) is -3.87. The number of benzene rings is 3. The van der Waals surface area contributed by atoms with Crippen LogP contribution in [0.15, 0.2) is 72.8 Å². The van der Waals surface area contributed by atoms with Crippen molar-refractivity contribution in [2.75, 3.05) is 17.1 Å². The summed E-state index contributed by atoms with van der Waals surface area (Å²) in [6, 6.07) is 20.6. The van der Waals surface area contributed by atoms with Gasteiger partial charge in [0.25, 0.3) is 0 Å². The minimum Gasteiger partial charge on any atom is -0.352 e. The molecule has 0 spiro atoms. The first-order valence-corrected chi connectivity index (χ1v) is 16.7. The highest BCUT2D eigenvalue weighted by Crippen LogP contribution is 2.26. The number of anilines is 1. The fourth-order valence-electron chi connectivity index (χ4n) is 5.24. The number of sulfonamides is 1. The van der Waals surface area contributed by atoms with E-state index in [2.05, 4.69) is 5.32 Å². The number of amides is 2. The minimum atomic E-state index is -3.87. The molecule has 7 nitrogen and oxygen atoms in total. The van der Waals surface area contributed by atoms with E-state index in [4.69, 9.17) is 23.2 Å². The van der Waals surface area contributed by atoms with Crippen LogP contribution in [0.2, 0.25) is 10.0 Å². The van der Waals surface area contributed by atoms with E-state index in [-0.39, 0.29) is 30.6 Å². The Bertz CT molecular complexity index is 1480. The number of carbonyl (C=O) groups excluding carboxylic acids is 2. The molecule has 0 heterocycles. The number of nitrogens with one attached hydrogen (secondary N) is 1. The van der Waals surface area contributed by atoms with Gasteiger partial charge < -0.3 is 10.2 Å². The molecule has 3 aromatic rings. The first kappa shape index (κ1) is 31.9. The first-order chi connectivity index (χ1) is 20.0. The third-order valence-corrected chi connectivity index (χ3v) is 9.41. The number of hydrogen-bond donors (Lipinski definition) is 1. The molecule has 2 amide bonds. The van der Waals surface area contributed by atoms with Gasteiger partial charge in [-0.15, -0.1) is 0 Å². The molecule has 10 heteroatoms. The zero-order valence-electron chi connectivity index (χ0n) is 23.9. The Balaban J connectivity index is 1.72. The second-order valence-corrected chi connectivity index (χ2v) is 13.7. The summed E-state index contributed by atoms with van der Waals surface area (Å²) < 4.78 is 27.0. The molecule has 0 aromatic heterocycles. The van der Waals surface area contributed by atoms with Crippen molar-refractivity contribution in [1.82, 2.24) is 10.2 Å². The fraction of sp³-hybridized carbons (Fsp3) is 0.375. The number of rotatable bonds is 11. The molecule has 0 bridgehead atoms. The highest BCUT2D eigenvalue weighted by molar-refractivity contribution is 7.92. The van der Waals surface area contributed by atoms with Gasteiger partial charge in [-0.05, 0) is 60.7 Å². The molecule has 1 aliphatic rings. The summed E-state index contributed by atoms with van der Waals surface area (Å²) in [6.45, 7) is 1.42. The van der Waals surface area contributed by atoms with Crippen molar-refractivity contribution in [2.24, 2.45) is 0 Å². The Morgan fingerprint density at radius 2 is 1.60 bits per heavy atom. The van der Waals surface area contributed by atoms with Crippen molar-refractivity contribution in [3.05, 3.63) is 99.5 Å². The van der Waals surface area contributed by atoms with E-state index < -0.39 is 28.5 Å². The fourth-order valence-corrected chi connectivity index (χ4v) is 6.38. The molecule has 3 aromatic carbocycles. The Hall–Kier alpha value is -3.07. The van der Waals surface area contributed by atoms with Crippen molar-refractivity contribution >= 4 is 50.7 Å². The summed E-state index contributed by atoms with van der Waals surface area (Å²) in [4.78, 5) is 29.7. The number of hydrogen-bond acceptors (Lipinski definition) is 4. The molecule has 0 unspecified atom stereocenters. The van der Waals surface area contributed by atoms with Crippen LogP contribution in [-0.2, 0) is 32.6 Å². The number of nitrogens with zero attached hydrogens (tertiary/aromatic N) is 2. The lowest BCUT2D eigenvalue weighted by Crippen LogP contribution is -2.55. The Morgan fingerprint density at radius 1 is 0.929 bits per heavy atom. The van der Waals surface area contributed by atoms with E-state index in [9.17, 15) is 18.0 Å². The molecule has 0 radical (unpaired) electrons. The van der Waals surface area contributed by atoms with Gasteiger partial charge in [0, 0.05) is 29.1 Å². The molecule has 1 atom stereocenters. The largest absolute Gasteiger partial charge is 0.352 e. The first-order valence-electron chi connectivity index (χ1n) is 14.1. The second-order valence-electron chi connectivity index (χ2n) is 10.9. The molecule has 4 rings (SSSR count). The number of halogens is 2.